The minimum absolute atomic E-state index is 0.0408. The molecule has 0 atom stereocenters. The summed E-state index contributed by atoms with van der Waals surface area (Å²) in [6, 6.07) is 0. The first-order valence-corrected chi connectivity index (χ1v) is 13.3. The fraction of sp³-hybridized carbons (Fsp3) is 0. The molecule has 2 aliphatic heterocycles. The van der Waals surface area contributed by atoms with Gasteiger partial charge in [0.25, 0.3) is 0 Å². The van der Waals surface area contributed by atoms with Crippen LogP contribution in [-0.4, -0.2) is 37.6 Å². The van der Waals surface area contributed by atoms with Gasteiger partial charge in [-0.1, -0.05) is 10.3 Å². The minimum atomic E-state index is -2.03. The van der Waals surface area contributed by atoms with Gasteiger partial charge in [0.05, 0.1) is 0 Å². The summed E-state index contributed by atoms with van der Waals surface area (Å²) >= 11 is 34.7. The van der Waals surface area contributed by atoms with E-state index in [2.05, 4.69) is 67.1 Å². The van der Waals surface area contributed by atoms with Crippen LogP contribution in [-0.2, 0) is 60.4 Å². The average molecular weight is 745 g/mol. The predicted octanol–water partition coefficient (Wildman–Crippen LogP) is 1.02. The monoisotopic (exact) mass is 746 g/mol. The summed E-state index contributed by atoms with van der Waals surface area (Å²) in [5, 5.41) is 19.6. The summed E-state index contributed by atoms with van der Waals surface area (Å²) in [5.41, 5.74) is 0. The Kier molecular flexibility index (Phi) is 18.9. The zero-order valence-corrected chi connectivity index (χ0v) is 26.0. The Morgan fingerprint density at radius 3 is 1.30 bits per heavy atom. The van der Waals surface area contributed by atoms with Crippen molar-refractivity contribution in [3.8, 4) is 0 Å². The van der Waals surface area contributed by atoms with Crippen LogP contribution in [0.25, 0.3) is 0 Å². The summed E-state index contributed by atoms with van der Waals surface area (Å²) in [7, 11) is 0. The van der Waals surface area contributed by atoms with Gasteiger partial charge in [-0.2, -0.15) is 0 Å². The Labute approximate surface area is 260 Å². The molecule has 0 bridgehead atoms. The van der Waals surface area contributed by atoms with Crippen LogP contribution >= 0.6 is 74.1 Å². The second-order valence-corrected chi connectivity index (χ2v) is 9.62. The first kappa shape index (κ1) is 34.9. The van der Waals surface area contributed by atoms with Crippen LogP contribution in [0.2, 0.25) is 0 Å². The standard InChI is InChI=1S/2C6H7N5O2S4.Mo.2O/c2*12-9-13-11(6(16)17)10(5(14)15)4-3-7-1-2-8-4;;;/h2*1-3,7-8H,(H,14,15)(H,16,17);;;/q;;+2;;/p-2. The molecule has 200 valence electrons. The molecule has 37 heavy (non-hydrogen) atoms. The van der Waals surface area contributed by atoms with E-state index in [4.69, 9.17) is 80.9 Å². The molecule has 0 saturated heterocycles. The number of nitrogens with one attached hydrogen (secondary N) is 4. The van der Waals surface area contributed by atoms with E-state index in [1.165, 1.54) is 12.4 Å². The van der Waals surface area contributed by atoms with Crippen molar-refractivity contribution in [2.45, 2.75) is 0 Å². The second-order valence-electron chi connectivity index (χ2n) is 4.99. The molecular formula is C12H12MoN10O6S8. The number of thiol groups is 2. The van der Waals surface area contributed by atoms with Crippen molar-refractivity contribution in [2.24, 2.45) is 10.7 Å². The van der Waals surface area contributed by atoms with E-state index in [0.717, 1.165) is 20.4 Å². The molecule has 0 aromatic rings. The Hall–Kier alpha value is -2.05. The van der Waals surface area contributed by atoms with Crippen molar-refractivity contribution in [1.29, 1.82) is 0 Å². The number of hydrogen-bond donors (Lipinski definition) is 6. The van der Waals surface area contributed by atoms with E-state index in [1.54, 1.807) is 24.8 Å². The summed E-state index contributed by atoms with van der Waals surface area (Å²) < 4.78 is 16.8. The van der Waals surface area contributed by atoms with Crippen molar-refractivity contribution in [1.82, 2.24) is 41.6 Å². The van der Waals surface area contributed by atoms with Crippen LogP contribution in [0.15, 0.2) is 59.5 Å². The third-order valence-electron chi connectivity index (χ3n) is 2.98. The molecule has 2 aliphatic rings. The summed E-state index contributed by atoms with van der Waals surface area (Å²) in [6.45, 7) is 0. The number of thiocarbonyl (C=S) groups is 4. The van der Waals surface area contributed by atoms with Gasteiger partial charge < -0.3 is 71.0 Å². The van der Waals surface area contributed by atoms with Gasteiger partial charge in [0.2, 0.25) is 0 Å². The van der Waals surface area contributed by atoms with E-state index < -0.39 is 18.5 Å². The predicted molar refractivity (Wildman–Crippen MR) is 153 cm³/mol. The van der Waals surface area contributed by atoms with Crippen molar-refractivity contribution in [3.05, 3.63) is 58.7 Å². The summed E-state index contributed by atoms with van der Waals surface area (Å²) in [5.74, 6) is 0.792. The topological polar surface area (TPSA) is 173 Å². The van der Waals surface area contributed by atoms with Crippen molar-refractivity contribution < 1.29 is 35.2 Å². The van der Waals surface area contributed by atoms with Crippen LogP contribution in [0, 0.1) is 9.81 Å². The van der Waals surface area contributed by atoms with E-state index in [-0.39, 0.29) is 17.3 Å². The number of hydroxylamine groups is 2. The van der Waals surface area contributed by atoms with Crippen molar-refractivity contribution in [3.63, 3.8) is 0 Å². The molecule has 0 aliphatic carbocycles. The van der Waals surface area contributed by atoms with Crippen LogP contribution in [0.4, 0.5) is 0 Å². The van der Waals surface area contributed by atoms with Crippen LogP contribution in [0.1, 0.15) is 0 Å². The Bertz CT molecular complexity index is 965. The van der Waals surface area contributed by atoms with Gasteiger partial charge in [-0.05, 0) is 33.1 Å². The van der Waals surface area contributed by atoms with Gasteiger partial charge in [0.15, 0.2) is 19.3 Å². The fourth-order valence-electron chi connectivity index (χ4n) is 1.85. The van der Waals surface area contributed by atoms with E-state index in [0.29, 0.717) is 11.6 Å². The normalized spacial score (nSPS) is 11.8. The van der Waals surface area contributed by atoms with E-state index in [9.17, 15) is 9.81 Å². The SMILES string of the molecule is O=NON(C(=S)S)N(C(=S)[S-])C1=CNC=CN1.O=NON(C(=S)S)N(C(=S)[S-])C1=CNC=CN1.[O]=[Mo+2]=[O]. The van der Waals surface area contributed by atoms with Gasteiger partial charge in [-0.25, -0.2) is 19.9 Å². The maximum absolute atomic E-state index is 10.1. The number of hydrogen-bond acceptors (Lipinski definition) is 18. The second kappa shape index (κ2) is 20.0. The quantitative estimate of drug-likeness (QED) is 0.0568. The number of rotatable bonds is 6. The molecule has 0 amide bonds. The molecule has 0 spiro atoms. The fourth-order valence-corrected chi connectivity index (χ4v) is 3.02. The molecule has 16 nitrogen and oxygen atoms in total. The summed E-state index contributed by atoms with van der Waals surface area (Å²) in [6.07, 6.45) is 9.51. The molecule has 4 N–H and O–H groups in total. The third kappa shape index (κ3) is 12.8. The van der Waals surface area contributed by atoms with Gasteiger partial charge in [-0.15, -0.1) is 35.1 Å². The molecule has 0 saturated carbocycles. The van der Waals surface area contributed by atoms with Crippen LogP contribution < -0.4 is 21.3 Å². The molecule has 0 radical (unpaired) electrons. The van der Waals surface area contributed by atoms with Gasteiger partial charge in [0.1, 0.15) is 11.6 Å². The molecular weight excluding hydrogens is 733 g/mol. The maximum atomic E-state index is 10.1. The zero-order chi connectivity index (χ0) is 28.4. The molecule has 25 heteroatoms. The van der Waals surface area contributed by atoms with Crippen LogP contribution in [0.5, 0.6) is 0 Å². The zero-order valence-electron chi connectivity index (χ0n) is 17.3. The molecule has 0 unspecified atom stereocenters. The molecule has 2 rings (SSSR count). The van der Waals surface area contributed by atoms with Gasteiger partial charge >= 0.3 is 25.3 Å². The molecule has 0 fully saturated rings. The molecule has 0 aromatic carbocycles. The summed E-state index contributed by atoms with van der Waals surface area (Å²) in [4.78, 5) is 29.1. The van der Waals surface area contributed by atoms with Crippen LogP contribution in [0.3, 0.4) is 0 Å². The Balaban J connectivity index is 0.000000633. The molecule has 0 aromatic heterocycles. The Morgan fingerprint density at radius 2 is 1.11 bits per heavy atom. The Morgan fingerprint density at radius 1 is 0.784 bits per heavy atom. The van der Waals surface area contributed by atoms with Crippen molar-refractivity contribution >= 4 is 117 Å². The third-order valence-corrected chi connectivity index (χ3v) is 4.32. The van der Waals surface area contributed by atoms with E-state index in [1.807, 2.05) is 0 Å². The first-order chi connectivity index (χ1) is 17.6. The first-order valence-electron chi connectivity index (χ1n) is 8.32. The molecule has 2 heterocycles. The average Bonchev–Trinajstić information content (AvgIpc) is 2.85. The number of nitrogens with zero attached hydrogens (tertiary/aromatic N) is 6. The van der Waals surface area contributed by atoms with Crippen molar-refractivity contribution in [2.75, 3.05) is 0 Å². The van der Waals surface area contributed by atoms with Gasteiger partial charge in [-0.3, -0.25) is 0 Å². The van der Waals surface area contributed by atoms with Gasteiger partial charge in [0, 0.05) is 37.2 Å². The van der Waals surface area contributed by atoms with E-state index >= 15 is 0 Å². The number of hydrazine groups is 2.